The van der Waals surface area contributed by atoms with E-state index < -0.39 is 8.07 Å². The molecule has 0 fully saturated rings. The van der Waals surface area contributed by atoms with Gasteiger partial charge >= 0.3 is 0 Å². The third kappa shape index (κ3) is 3.33. The van der Waals surface area contributed by atoms with Crippen LogP contribution in [-0.4, -0.2) is 8.07 Å². The molecule has 22 heavy (non-hydrogen) atoms. The standard InChI is InChI=1S/C20H25NSi/c1-22(2,3)15-7-10-16-9-6-12-19(16)20-18-11-5-4-8-17(18)13-14-21-20/h4-6,8-9,11-14,21H,7,10,15H2,1-3H3/b20-19+. The van der Waals surface area contributed by atoms with Gasteiger partial charge in [-0.15, -0.1) is 0 Å². The number of hydrogen-bond acceptors (Lipinski definition) is 1. The number of allylic oxidation sites excluding steroid dienone is 5. The van der Waals surface area contributed by atoms with Crippen molar-refractivity contribution in [2.24, 2.45) is 0 Å². The van der Waals surface area contributed by atoms with Crippen molar-refractivity contribution in [1.82, 2.24) is 5.32 Å². The number of rotatable bonds is 4. The predicted molar refractivity (Wildman–Crippen MR) is 100 cm³/mol. The first-order valence-corrected chi connectivity index (χ1v) is 11.9. The third-order valence-corrected chi connectivity index (χ3v) is 6.12. The van der Waals surface area contributed by atoms with Crippen LogP contribution in [0.2, 0.25) is 25.7 Å². The molecule has 0 aromatic heterocycles. The summed E-state index contributed by atoms with van der Waals surface area (Å²) in [4.78, 5) is 0. The van der Waals surface area contributed by atoms with Gasteiger partial charge in [-0.1, -0.05) is 74.6 Å². The van der Waals surface area contributed by atoms with Crippen molar-refractivity contribution in [3.05, 3.63) is 71.0 Å². The molecule has 0 radical (unpaired) electrons. The van der Waals surface area contributed by atoms with Gasteiger partial charge in [0.2, 0.25) is 0 Å². The topological polar surface area (TPSA) is 12.0 Å². The van der Waals surface area contributed by atoms with E-state index in [4.69, 9.17) is 0 Å². The largest absolute Gasteiger partial charge is 0.361 e. The zero-order valence-corrected chi connectivity index (χ0v) is 14.8. The minimum Gasteiger partial charge on any atom is -0.361 e. The highest BCUT2D eigenvalue weighted by molar-refractivity contribution is 6.76. The third-order valence-electron chi connectivity index (χ3n) is 4.27. The highest BCUT2D eigenvalue weighted by atomic mass is 28.3. The number of nitrogens with one attached hydrogen (secondary N) is 1. The van der Waals surface area contributed by atoms with E-state index in [9.17, 15) is 0 Å². The van der Waals surface area contributed by atoms with Gasteiger partial charge in [-0.05, 0) is 23.6 Å². The van der Waals surface area contributed by atoms with Crippen LogP contribution in [0.4, 0.5) is 0 Å². The molecular weight excluding hydrogens is 282 g/mol. The number of benzene rings is 1. The summed E-state index contributed by atoms with van der Waals surface area (Å²) in [7, 11) is -0.939. The van der Waals surface area contributed by atoms with E-state index in [0.717, 1.165) is 0 Å². The van der Waals surface area contributed by atoms with Crippen LogP contribution in [0, 0.1) is 0 Å². The van der Waals surface area contributed by atoms with E-state index in [1.54, 1.807) is 0 Å². The summed E-state index contributed by atoms with van der Waals surface area (Å²) in [5, 5.41) is 3.47. The molecular formula is C20H25NSi. The van der Waals surface area contributed by atoms with Crippen LogP contribution in [0.5, 0.6) is 0 Å². The van der Waals surface area contributed by atoms with Gasteiger partial charge in [-0.3, -0.25) is 0 Å². The molecule has 1 heterocycles. The van der Waals surface area contributed by atoms with Gasteiger partial charge in [0, 0.05) is 25.4 Å². The molecule has 1 nitrogen and oxygen atoms in total. The van der Waals surface area contributed by atoms with Gasteiger partial charge in [-0.2, -0.15) is 0 Å². The Kier molecular flexibility index (Phi) is 4.21. The number of fused-ring (bicyclic) bond motifs is 1. The normalized spacial score (nSPS) is 19.9. The molecule has 0 saturated carbocycles. The van der Waals surface area contributed by atoms with Crippen molar-refractivity contribution in [3.8, 4) is 0 Å². The molecule has 0 spiro atoms. The molecule has 114 valence electrons. The van der Waals surface area contributed by atoms with E-state index in [1.165, 1.54) is 46.9 Å². The highest BCUT2D eigenvalue weighted by Gasteiger charge is 2.18. The maximum absolute atomic E-state index is 3.47. The Morgan fingerprint density at radius 3 is 2.68 bits per heavy atom. The first kappa shape index (κ1) is 15.1. The average molecular weight is 308 g/mol. The van der Waals surface area contributed by atoms with Crippen LogP contribution in [0.3, 0.4) is 0 Å². The van der Waals surface area contributed by atoms with Gasteiger partial charge in [0.15, 0.2) is 0 Å². The lowest BCUT2D eigenvalue weighted by Gasteiger charge is -2.20. The lowest BCUT2D eigenvalue weighted by molar-refractivity contribution is 0.900. The molecule has 1 aliphatic heterocycles. The fraction of sp³-hybridized carbons (Fsp3) is 0.300. The summed E-state index contributed by atoms with van der Waals surface area (Å²) in [5.74, 6) is 0. The molecule has 0 saturated heterocycles. The first-order valence-electron chi connectivity index (χ1n) is 8.19. The van der Waals surface area contributed by atoms with Crippen LogP contribution in [-0.2, 0) is 0 Å². The van der Waals surface area contributed by atoms with E-state index in [0.29, 0.717) is 0 Å². The molecule has 1 aromatic carbocycles. The SMILES string of the molecule is C[Si](C)(C)CCCC1=CC=C/C1=C1\NC=Cc2ccccc21. The molecule has 0 bridgehead atoms. The van der Waals surface area contributed by atoms with Gasteiger partial charge in [0.25, 0.3) is 0 Å². The summed E-state index contributed by atoms with van der Waals surface area (Å²) in [5.41, 5.74) is 6.71. The summed E-state index contributed by atoms with van der Waals surface area (Å²) < 4.78 is 0. The molecule has 1 N–H and O–H groups in total. The molecule has 3 rings (SSSR count). The Morgan fingerprint density at radius 1 is 1.05 bits per heavy atom. The van der Waals surface area contributed by atoms with Crippen molar-refractivity contribution in [3.63, 3.8) is 0 Å². The van der Waals surface area contributed by atoms with Crippen molar-refractivity contribution in [2.45, 2.75) is 38.5 Å². The minimum absolute atomic E-state index is 0.939. The molecule has 0 amide bonds. The smallest absolute Gasteiger partial charge is 0.0535 e. The van der Waals surface area contributed by atoms with Crippen LogP contribution < -0.4 is 5.32 Å². The summed E-state index contributed by atoms with van der Waals surface area (Å²) in [6.45, 7) is 7.37. The van der Waals surface area contributed by atoms with Crippen molar-refractivity contribution < 1.29 is 0 Å². The molecule has 0 atom stereocenters. The maximum atomic E-state index is 3.47. The highest BCUT2D eigenvalue weighted by Crippen LogP contribution is 2.33. The zero-order chi connectivity index (χ0) is 15.6. The van der Waals surface area contributed by atoms with Gasteiger partial charge in [0.1, 0.15) is 0 Å². The minimum atomic E-state index is -0.939. The van der Waals surface area contributed by atoms with Crippen molar-refractivity contribution in [2.75, 3.05) is 0 Å². The predicted octanol–water partition coefficient (Wildman–Crippen LogP) is 5.59. The van der Waals surface area contributed by atoms with Crippen LogP contribution in [0.15, 0.2) is 59.8 Å². The molecule has 1 aromatic rings. The molecule has 2 aliphatic rings. The van der Waals surface area contributed by atoms with Crippen LogP contribution >= 0.6 is 0 Å². The Bertz CT molecular complexity index is 684. The molecule has 0 unspecified atom stereocenters. The van der Waals surface area contributed by atoms with Crippen molar-refractivity contribution in [1.29, 1.82) is 0 Å². The fourth-order valence-electron chi connectivity index (χ4n) is 3.11. The van der Waals surface area contributed by atoms with E-state index in [-0.39, 0.29) is 0 Å². The second kappa shape index (κ2) is 6.13. The average Bonchev–Trinajstić information content (AvgIpc) is 2.93. The lowest BCUT2D eigenvalue weighted by atomic mass is 9.94. The van der Waals surface area contributed by atoms with E-state index in [2.05, 4.69) is 79.7 Å². The fourth-order valence-corrected chi connectivity index (χ4v) is 4.35. The Balaban J connectivity index is 1.83. The quantitative estimate of drug-likeness (QED) is 0.715. The van der Waals surface area contributed by atoms with E-state index in [1.807, 2.05) is 0 Å². The van der Waals surface area contributed by atoms with Crippen LogP contribution in [0.1, 0.15) is 24.0 Å². The number of hydrogen-bond donors (Lipinski definition) is 1. The second-order valence-corrected chi connectivity index (χ2v) is 12.9. The maximum Gasteiger partial charge on any atom is 0.0535 e. The summed E-state index contributed by atoms with van der Waals surface area (Å²) in [6.07, 6.45) is 13.4. The van der Waals surface area contributed by atoms with Crippen molar-refractivity contribution >= 4 is 19.8 Å². The lowest BCUT2D eigenvalue weighted by Crippen LogP contribution is -2.18. The van der Waals surface area contributed by atoms with Gasteiger partial charge in [0.05, 0.1) is 5.70 Å². The Labute approximate surface area is 135 Å². The van der Waals surface area contributed by atoms with Gasteiger partial charge in [-0.25, -0.2) is 0 Å². The Morgan fingerprint density at radius 2 is 1.86 bits per heavy atom. The Hall–Kier alpha value is -1.80. The summed E-state index contributed by atoms with van der Waals surface area (Å²) >= 11 is 0. The monoisotopic (exact) mass is 307 g/mol. The molecule has 1 aliphatic carbocycles. The zero-order valence-electron chi connectivity index (χ0n) is 13.8. The van der Waals surface area contributed by atoms with Gasteiger partial charge < -0.3 is 5.32 Å². The summed E-state index contributed by atoms with van der Waals surface area (Å²) in [6, 6.07) is 10.0. The second-order valence-electron chi connectivity index (χ2n) is 7.32. The first-order chi connectivity index (χ1) is 10.5. The van der Waals surface area contributed by atoms with Crippen LogP contribution in [0.25, 0.3) is 11.8 Å². The van der Waals surface area contributed by atoms with E-state index >= 15 is 0 Å². The molecule has 2 heteroatoms.